The Balaban J connectivity index is 0.989. The molecule has 4 heteroatoms. The van der Waals surface area contributed by atoms with Crippen molar-refractivity contribution in [3.8, 4) is 56.4 Å². The maximum atomic E-state index is 5.90. The molecule has 16 rings (SSSR count). The molecule has 0 N–H and O–H groups in total. The van der Waals surface area contributed by atoms with Gasteiger partial charge in [0.2, 0.25) is 0 Å². The molecule has 0 atom stereocenters. The van der Waals surface area contributed by atoms with E-state index >= 15 is 0 Å². The third-order valence-electron chi connectivity index (χ3n) is 18.2. The lowest BCUT2D eigenvalue weighted by molar-refractivity contribution is 0.682. The Hall–Kier alpha value is -11.3. The van der Waals surface area contributed by atoms with Crippen molar-refractivity contribution in [2.75, 3.05) is 4.90 Å². The lowest BCUT2D eigenvalue weighted by Crippen LogP contribution is -2.38. The molecule has 2 heterocycles. The summed E-state index contributed by atoms with van der Waals surface area (Å²) in [6.45, 7) is 0. The van der Waals surface area contributed by atoms with Crippen LogP contribution < -0.4 is 4.90 Å². The van der Waals surface area contributed by atoms with Crippen LogP contribution in [-0.4, -0.2) is 15.0 Å². The number of hydrogen-bond donors (Lipinski definition) is 0. The Morgan fingerprint density at radius 3 is 1.02 bits per heavy atom. The molecule has 0 saturated heterocycles. The van der Waals surface area contributed by atoms with E-state index in [0.717, 1.165) is 61.6 Å². The van der Waals surface area contributed by atoms with Gasteiger partial charge in [-0.05, 0) is 96.1 Å². The Kier molecular flexibility index (Phi) is 13.0. The van der Waals surface area contributed by atoms with Gasteiger partial charge in [0.25, 0.3) is 0 Å². The van der Waals surface area contributed by atoms with Gasteiger partial charge in [0.15, 0.2) is 17.5 Å². The molecule has 13 aromatic carbocycles. The maximum Gasteiger partial charge on any atom is 0.166 e. The summed E-state index contributed by atoms with van der Waals surface area (Å²) in [6, 6.07) is 126. The molecule has 2 aliphatic rings. The highest BCUT2D eigenvalue weighted by Crippen LogP contribution is 2.61. The summed E-state index contributed by atoms with van der Waals surface area (Å²) in [4.78, 5) is 19.7. The lowest BCUT2D eigenvalue weighted by Gasteiger charge is -2.47. The number of hydrogen-bond acceptors (Lipinski definition) is 4. The van der Waals surface area contributed by atoms with Gasteiger partial charge in [-0.1, -0.05) is 328 Å². The van der Waals surface area contributed by atoms with E-state index in [1.54, 1.807) is 0 Å². The summed E-state index contributed by atoms with van der Waals surface area (Å²) < 4.78 is 0. The van der Waals surface area contributed by atoms with E-state index in [2.05, 4.69) is 351 Å². The minimum Gasteiger partial charge on any atom is -0.308 e. The molecule has 88 heavy (non-hydrogen) atoms. The molecular weight excluding hydrogens is 1060 g/mol. The summed E-state index contributed by atoms with van der Waals surface area (Å²) in [6.07, 6.45) is 0. The Morgan fingerprint density at radius 1 is 0.239 bits per heavy atom. The van der Waals surface area contributed by atoms with Crippen molar-refractivity contribution in [2.45, 2.75) is 16.7 Å². The fourth-order valence-corrected chi connectivity index (χ4v) is 14.7. The molecule has 0 radical (unpaired) electrons. The number of anilines is 3. The fourth-order valence-electron chi connectivity index (χ4n) is 14.7. The van der Waals surface area contributed by atoms with Crippen LogP contribution in [0, 0.1) is 0 Å². The van der Waals surface area contributed by atoms with Gasteiger partial charge >= 0.3 is 0 Å². The van der Waals surface area contributed by atoms with Crippen molar-refractivity contribution in [2.24, 2.45) is 0 Å². The number of nitrogens with zero attached hydrogens (tertiary/aromatic N) is 4. The van der Waals surface area contributed by atoms with Gasteiger partial charge in [0.1, 0.15) is 0 Å². The molecule has 0 fully saturated rings. The van der Waals surface area contributed by atoms with Crippen LogP contribution in [0.25, 0.3) is 56.4 Å². The van der Waals surface area contributed by atoms with E-state index in [1.165, 1.54) is 55.6 Å². The van der Waals surface area contributed by atoms with Gasteiger partial charge in [-0.2, -0.15) is 0 Å². The van der Waals surface area contributed by atoms with E-state index in [1.807, 2.05) is 0 Å². The van der Waals surface area contributed by atoms with E-state index in [0.29, 0.717) is 17.5 Å². The monoisotopic (exact) mass is 1120 g/mol. The molecule has 0 unspecified atom stereocenters. The Labute approximate surface area is 514 Å². The highest BCUT2D eigenvalue weighted by molar-refractivity contribution is 6.00. The second-order valence-electron chi connectivity index (χ2n) is 22.8. The average molecular weight is 1120 g/mol. The molecule has 4 nitrogen and oxygen atoms in total. The number of rotatable bonds is 11. The van der Waals surface area contributed by atoms with Crippen LogP contribution in [0.5, 0.6) is 0 Å². The first-order valence-corrected chi connectivity index (χ1v) is 30.3. The van der Waals surface area contributed by atoms with Crippen LogP contribution in [0.1, 0.15) is 67.1 Å². The normalized spacial score (nSPS) is 13.6. The van der Waals surface area contributed by atoms with Crippen molar-refractivity contribution in [1.82, 2.24) is 15.0 Å². The van der Waals surface area contributed by atoms with E-state index in [-0.39, 0.29) is 5.92 Å². The lowest BCUT2D eigenvalue weighted by atomic mass is 9.56. The molecule has 0 bridgehead atoms. The summed E-state index contributed by atoms with van der Waals surface area (Å²) in [5, 5.41) is 0. The Morgan fingerprint density at radius 2 is 0.557 bits per heavy atom. The topological polar surface area (TPSA) is 41.9 Å². The molecule has 0 spiro atoms. The zero-order valence-electron chi connectivity index (χ0n) is 48.3. The molecule has 1 aliphatic carbocycles. The SMILES string of the molecule is c1ccc(-c2nc(-c3cccc(-c4ccccc4)c3C3c4ccccc4C(c4ccccc4)(c4ccccc4)c4ccccc43)nc(-c3cccc(-c4ccccc4)c3N3c4ccccc4C(c4ccccc4)(c4ccccc4)c4ccccc43)n2)cc1. The summed E-state index contributed by atoms with van der Waals surface area (Å²) in [5.74, 6) is 1.46. The third-order valence-corrected chi connectivity index (χ3v) is 18.2. The van der Waals surface area contributed by atoms with Crippen molar-refractivity contribution in [3.63, 3.8) is 0 Å². The third kappa shape index (κ3) is 8.32. The molecule has 1 aliphatic heterocycles. The van der Waals surface area contributed by atoms with E-state index in [9.17, 15) is 0 Å². The van der Waals surface area contributed by atoms with Crippen LogP contribution in [0.2, 0.25) is 0 Å². The molecule has 0 amide bonds. The zero-order chi connectivity index (χ0) is 58.4. The van der Waals surface area contributed by atoms with E-state index in [4.69, 9.17) is 15.0 Å². The van der Waals surface area contributed by atoms with E-state index < -0.39 is 10.8 Å². The highest BCUT2D eigenvalue weighted by Gasteiger charge is 2.49. The van der Waals surface area contributed by atoms with Crippen LogP contribution >= 0.6 is 0 Å². The number of para-hydroxylation sites is 3. The molecule has 1 aromatic heterocycles. The standard InChI is InChI=1S/C84H58N4/c1-8-32-58(33-9-1)65-48-30-50-69(77(65)78-67-46-22-24-52-71(67)83(61-38-14-4-15-39-61,62-40-16-5-17-41-62)72-53-25-23-47-68(72)78)81-85-80(60-36-12-3-13-37-60)86-82(87-81)70-51-31-49-66(59-34-10-2-11-35-59)79(70)88-75-56-28-26-54-73(75)84(63-42-18-6-19-43-63,64-44-20-7-21-45-64)74-55-27-29-57-76(74)88/h1-57,78H. The first kappa shape index (κ1) is 52.2. The van der Waals surface area contributed by atoms with Crippen molar-refractivity contribution in [1.29, 1.82) is 0 Å². The summed E-state index contributed by atoms with van der Waals surface area (Å²) in [5.41, 5.74) is 22.0. The summed E-state index contributed by atoms with van der Waals surface area (Å²) in [7, 11) is 0. The van der Waals surface area contributed by atoms with Crippen LogP contribution in [0.15, 0.2) is 346 Å². The number of benzene rings is 13. The first-order valence-electron chi connectivity index (χ1n) is 30.3. The van der Waals surface area contributed by atoms with Gasteiger partial charge in [0.05, 0.1) is 27.9 Å². The number of fused-ring (bicyclic) bond motifs is 4. The number of aromatic nitrogens is 3. The predicted molar refractivity (Wildman–Crippen MR) is 359 cm³/mol. The minimum absolute atomic E-state index is 0.257. The largest absolute Gasteiger partial charge is 0.308 e. The van der Waals surface area contributed by atoms with Crippen molar-refractivity contribution in [3.05, 3.63) is 407 Å². The second kappa shape index (κ2) is 21.9. The molecule has 0 saturated carbocycles. The quantitative estimate of drug-likeness (QED) is 0.129. The van der Waals surface area contributed by atoms with Crippen molar-refractivity contribution < 1.29 is 0 Å². The molecular formula is C84H58N4. The van der Waals surface area contributed by atoms with Crippen LogP contribution in [0.4, 0.5) is 17.1 Å². The van der Waals surface area contributed by atoms with Crippen LogP contribution in [0.3, 0.4) is 0 Å². The van der Waals surface area contributed by atoms with Gasteiger partial charge in [-0.25, -0.2) is 15.0 Å². The van der Waals surface area contributed by atoms with Gasteiger partial charge < -0.3 is 4.90 Å². The van der Waals surface area contributed by atoms with Crippen LogP contribution in [-0.2, 0) is 10.8 Å². The summed E-state index contributed by atoms with van der Waals surface area (Å²) >= 11 is 0. The minimum atomic E-state index is -0.673. The van der Waals surface area contributed by atoms with Gasteiger partial charge in [0, 0.05) is 28.2 Å². The Bertz CT molecular complexity index is 4380. The van der Waals surface area contributed by atoms with Gasteiger partial charge in [-0.3, -0.25) is 0 Å². The maximum absolute atomic E-state index is 5.90. The van der Waals surface area contributed by atoms with Crippen molar-refractivity contribution >= 4 is 17.1 Å². The van der Waals surface area contributed by atoms with Gasteiger partial charge in [-0.15, -0.1) is 0 Å². The highest BCUT2D eigenvalue weighted by atomic mass is 15.2. The first-order chi connectivity index (χ1) is 43.7. The average Bonchev–Trinajstić information content (AvgIpc) is 0.861. The zero-order valence-corrected chi connectivity index (χ0v) is 48.3. The molecule has 414 valence electrons. The predicted octanol–water partition coefficient (Wildman–Crippen LogP) is 20.2. The smallest absolute Gasteiger partial charge is 0.166 e. The second-order valence-corrected chi connectivity index (χ2v) is 22.8. The molecule has 14 aromatic rings. The fraction of sp³-hybridized carbons (Fsp3) is 0.0357.